The van der Waals surface area contributed by atoms with Gasteiger partial charge >= 0.3 is 0 Å². The number of hydrogen-bond donors (Lipinski definition) is 0. The van der Waals surface area contributed by atoms with Crippen LogP contribution in [0.3, 0.4) is 0 Å². The van der Waals surface area contributed by atoms with Gasteiger partial charge in [0.15, 0.2) is 22.3 Å². The number of fused-ring (bicyclic) bond motifs is 3. The summed E-state index contributed by atoms with van der Waals surface area (Å²) >= 11 is 2.41. The third kappa shape index (κ3) is 1.17. The summed E-state index contributed by atoms with van der Waals surface area (Å²) in [5.74, 6) is 0. The van der Waals surface area contributed by atoms with Crippen LogP contribution in [0.25, 0.3) is 28.0 Å². The summed E-state index contributed by atoms with van der Waals surface area (Å²) in [4.78, 5) is 0. The largest absolute Gasteiger partial charge is 0.273 e. The first-order valence-electron chi connectivity index (χ1n) is 4.96. The molecule has 1 aromatic carbocycles. The Balaban J connectivity index is 2.22. The molecule has 4 rings (SSSR count). The van der Waals surface area contributed by atoms with Gasteiger partial charge in [-0.05, 0) is 12.1 Å². The third-order valence-corrected chi connectivity index (χ3v) is 3.64. The highest BCUT2D eigenvalue weighted by Crippen LogP contribution is 2.28. The molecule has 5 nitrogen and oxygen atoms in total. The van der Waals surface area contributed by atoms with E-state index in [1.165, 1.54) is 23.5 Å². The minimum atomic E-state index is 0.832. The topological polar surface area (TPSA) is 56.5 Å². The Morgan fingerprint density at radius 2 is 1.35 bits per heavy atom. The van der Waals surface area contributed by atoms with Crippen molar-refractivity contribution in [2.45, 2.75) is 0 Å². The van der Waals surface area contributed by atoms with E-state index in [0.717, 1.165) is 28.0 Å². The molecule has 0 N–H and O–H groups in total. The van der Waals surface area contributed by atoms with Crippen LogP contribution >= 0.6 is 23.5 Å². The second kappa shape index (κ2) is 3.31. The summed E-state index contributed by atoms with van der Waals surface area (Å²) in [5.41, 5.74) is 4.37. The van der Waals surface area contributed by atoms with Crippen LogP contribution in [0, 0.1) is 0 Å². The first-order chi connectivity index (χ1) is 8.45. The maximum atomic E-state index is 4.32. The Bertz CT molecular complexity index is 750. The highest BCUT2D eigenvalue weighted by Gasteiger charge is 2.18. The van der Waals surface area contributed by atoms with Crippen molar-refractivity contribution in [3.05, 3.63) is 30.3 Å². The van der Waals surface area contributed by atoms with E-state index in [9.17, 15) is 0 Å². The van der Waals surface area contributed by atoms with Gasteiger partial charge in [0.2, 0.25) is 0 Å². The van der Waals surface area contributed by atoms with Gasteiger partial charge < -0.3 is 0 Å². The normalized spacial score (nSPS) is 11.5. The van der Waals surface area contributed by atoms with Gasteiger partial charge in [-0.25, -0.2) is 0 Å². The molecular formula is C10H5N5S2. The van der Waals surface area contributed by atoms with Gasteiger partial charge in [0.25, 0.3) is 0 Å². The Hall–Kier alpha value is -1.86. The van der Waals surface area contributed by atoms with Crippen LogP contribution in [0.1, 0.15) is 0 Å². The quantitative estimate of drug-likeness (QED) is 0.527. The summed E-state index contributed by atoms with van der Waals surface area (Å²) in [7, 11) is 0. The van der Waals surface area contributed by atoms with Crippen molar-refractivity contribution >= 4 is 45.8 Å². The zero-order valence-corrected chi connectivity index (χ0v) is 10.1. The number of aromatic nitrogens is 5. The highest BCUT2D eigenvalue weighted by molar-refractivity contribution is 7.01. The van der Waals surface area contributed by atoms with E-state index < -0.39 is 0 Å². The molecule has 82 valence electrons. The molecule has 17 heavy (non-hydrogen) atoms. The minimum Gasteiger partial charge on any atom is -0.273 e. The zero-order chi connectivity index (χ0) is 11.2. The molecule has 7 heteroatoms. The molecule has 4 aromatic rings. The zero-order valence-electron chi connectivity index (χ0n) is 8.44. The van der Waals surface area contributed by atoms with E-state index in [0.29, 0.717) is 0 Å². The summed E-state index contributed by atoms with van der Waals surface area (Å²) in [6.45, 7) is 0. The van der Waals surface area contributed by atoms with E-state index in [-0.39, 0.29) is 0 Å². The molecule has 0 bridgehead atoms. The van der Waals surface area contributed by atoms with E-state index in [2.05, 4.69) is 17.5 Å². The maximum absolute atomic E-state index is 4.32. The number of benzene rings is 1. The van der Waals surface area contributed by atoms with Gasteiger partial charge in [0, 0.05) is 5.69 Å². The minimum absolute atomic E-state index is 0.832. The maximum Gasteiger partial charge on any atom is 0.182 e. The fourth-order valence-corrected chi connectivity index (χ4v) is 2.95. The molecule has 3 aromatic heterocycles. The van der Waals surface area contributed by atoms with Gasteiger partial charge in [-0.2, -0.15) is 17.5 Å². The van der Waals surface area contributed by atoms with Crippen molar-refractivity contribution in [3.63, 3.8) is 0 Å². The van der Waals surface area contributed by atoms with E-state index >= 15 is 0 Å². The van der Waals surface area contributed by atoms with Crippen LogP contribution < -0.4 is 0 Å². The monoisotopic (exact) mass is 259 g/mol. The number of rotatable bonds is 1. The fraction of sp³-hybridized carbons (Fsp3) is 0. The van der Waals surface area contributed by atoms with Crippen LogP contribution in [0.15, 0.2) is 30.3 Å². The van der Waals surface area contributed by atoms with Crippen molar-refractivity contribution in [3.8, 4) is 5.69 Å². The number of para-hydroxylation sites is 1. The molecule has 0 radical (unpaired) electrons. The average Bonchev–Trinajstić information content (AvgIpc) is 3.01. The Morgan fingerprint density at radius 3 is 1.94 bits per heavy atom. The van der Waals surface area contributed by atoms with Gasteiger partial charge in [-0.3, -0.25) is 4.57 Å². The number of nitrogens with zero attached hydrogens (tertiary/aromatic N) is 5. The Kier molecular flexibility index (Phi) is 1.79. The van der Waals surface area contributed by atoms with Crippen LogP contribution in [0.2, 0.25) is 0 Å². The third-order valence-electron chi connectivity index (χ3n) is 2.60. The van der Waals surface area contributed by atoms with Crippen molar-refractivity contribution in [1.82, 2.24) is 22.1 Å². The van der Waals surface area contributed by atoms with Crippen molar-refractivity contribution in [2.75, 3.05) is 0 Å². The van der Waals surface area contributed by atoms with Crippen LogP contribution in [-0.4, -0.2) is 22.1 Å². The molecule has 0 atom stereocenters. The van der Waals surface area contributed by atoms with Crippen molar-refractivity contribution < 1.29 is 0 Å². The molecule has 3 heterocycles. The van der Waals surface area contributed by atoms with Gasteiger partial charge in [0.1, 0.15) is 0 Å². The molecular weight excluding hydrogens is 254 g/mol. The first-order valence-corrected chi connectivity index (χ1v) is 6.42. The average molecular weight is 259 g/mol. The molecule has 0 aliphatic carbocycles. The lowest BCUT2D eigenvalue weighted by atomic mass is 10.3. The smallest absolute Gasteiger partial charge is 0.182 e. The summed E-state index contributed by atoms with van der Waals surface area (Å²) in [6.07, 6.45) is 0. The highest BCUT2D eigenvalue weighted by atomic mass is 32.1. The summed E-state index contributed by atoms with van der Waals surface area (Å²) in [6, 6.07) is 10.0. The lowest BCUT2D eigenvalue weighted by molar-refractivity contribution is 1.14. The molecule has 0 amide bonds. The number of hydrogen-bond acceptors (Lipinski definition) is 6. The van der Waals surface area contributed by atoms with Crippen LogP contribution in [0.4, 0.5) is 0 Å². The molecule has 0 aliphatic heterocycles. The first kappa shape index (κ1) is 9.20. The molecule has 0 saturated heterocycles. The second-order valence-electron chi connectivity index (χ2n) is 3.54. The summed E-state index contributed by atoms with van der Waals surface area (Å²) in [5, 5.41) is 0. The predicted molar refractivity (Wildman–Crippen MR) is 67.7 cm³/mol. The van der Waals surface area contributed by atoms with E-state index in [4.69, 9.17) is 0 Å². The molecule has 0 unspecified atom stereocenters. The standard InChI is InChI=1S/C10H5N5S2/c1-2-4-6(5-3-1)15-9-7(11-16-13-9)8-10(15)14-17-12-8/h1-5H. The van der Waals surface area contributed by atoms with E-state index in [1.54, 1.807) is 0 Å². The second-order valence-corrected chi connectivity index (χ2v) is 4.60. The van der Waals surface area contributed by atoms with Crippen molar-refractivity contribution in [1.29, 1.82) is 0 Å². The summed E-state index contributed by atoms with van der Waals surface area (Å²) < 4.78 is 19.2. The SMILES string of the molecule is c1ccc(-n2c3nsnc3c3nsnc32)cc1. The molecule has 0 fully saturated rings. The lowest BCUT2D eigenvalue weighted by Crippen LogP contribution is -1.93. The van der Waals surface area contributed by atoms with Gasteiger partial charge in [0.05, 0.1) is 23.5 Å². The lowest BCUT2D eigenvalue weighted by Gasteiger charge is -2.01. The molecule has 0 spiro atoms. The van der Waals surface area contributed by atoms with Gasteiger partial charge in [-0.15, -0.1) is 0 Å². The molecule has 0 aliphatic rings. The Morgan fingerprint density at radius 1 is 0.765 bits per heavy atom. The fourth-order valence-electron chi connectivity index (χ4n) is 1.88. The van der Waals surface area contributed by atoms with Crippen molar-refractivity contribution in [2.24, 2.45) is 0 Å². The molecule has 0 saturated carbocycles. The van der Waals surface area contributed by atoms with E-state index in [1.807, 2.05) is 34.9 Å². The van der Waals surface area contributed by atoms with Gasteiger partial charge in [-0.1, -0.05) is 18.2 Å². The van der Waals surface area contributed by atoms with Crippen LogP contribution in [-0.2, 0) is 0 Å². The predicted octanol–water partition coefficient (Wildman–Crippen LogP) is 2.49. The Labute approximate surface area is 104 Å². The van der Waals surface area contributed by atoms with Crippen LogP contribution in [0.5, 0.6) is 0 Å².